The predicted octanol–water partition coefficient (Wildman–Crippen LogP) is 4.70. The number of rotatable bonds is 5. The zero-order chi connectivity index (χ0) is 20.9. The predicted molar refractivity (Wildman–Crippen MR) is 104 cm³/mol. The highest BCUT2D eigenvalue weighted by molar-refractivity contribution is 5.79. The lowest BCUT2D eigenvalue weighted by Crippen LogP contribution is -2.51. The van der Waals surface area contributed by atoms with Gasteiger partial charge in [0.2, 0.25) is 0 Å². The van der Waals surface area contributed by atoms with Crippen molar-refractivity contribution in [3.8, 4) is 5.75 Å². The topological polar surface area (TPSA) is 58.1 Å². The van der Waals surface area contributed by atoms with Crippen LogP contribution < -0.4 is 4.74 Å². The Morgan fingerprint density at radius 2 is 2.00 bits per heavy atom. The Kier molecular flexibility index (Phi) is 4.61. The summed E-state index contributed by atoms with van der Waals surface area (Å²) in [5.74, 6) is 0.652. The maximum Gasteiger partial charge on any atom is 0.417 e. The van der Waals surface area contributed by atoms with Gasteiger partial charge in [-0.25, -0.2) is 0 Å². The summed E-state index contributed by atoms with van der Waals surface area (Å²) >= 11 is 0. The fourth-order valence-electron chi connectivity index (χ4n) is 4.28. The first-order chi connectivity index (χ1) is 13.6. The maximum absolute atomic E-state index is 14.1. The van der Waals surface area contributed by atoms with Crippen molar-refractivity contribution in [3.63, 3.8) is 0 Å². The van der Waals surface area contributed by atoms with Gasteiger partial charge in [-0.15, -0.1) is 0 Å². The summed E-state index contributed by atoms with van der Waals surface area (Å²) in [6.07, 6.45) is -1.96. The Bertz CT molecular complexity index is 1010. The number of halogens is 3. The number of hydrogen-bond acceptors (Lipinski definition) is 3. The molecule has 0 saturated carbocycles. The van der Waals surface area contributed by atoms with Crippen molar-refractivity contribution in [2.24, 2.45) is 0 Å². The zero-order valence-corrected chi connectivity index (χ0v) is 16.3. The van der Waals surface area contributed by atoms with Crippen LogP contribution in [0.15, 0.2) is 42.7 Å². The molecule has 4 nitrogen and oxygen atoms in total. The molecule has 154 valence electrons. The minimum atomic E-state index is -4.79. The number of fused-ring (bicyclic) bond motifs is 2. The second-order valence-electron chi connectivity index (χ2n) is 8.42. The Morgan fingerprint density at radius 3 is 2.72 bits per heavy atom. The number of nitrogens with zero attached hydrogens (tertiary/aromatic N) is 1. The van der Waals surface area contributed by atoms with Crippen LogP contribution in [0.1, 0.15) is 37.1 Å². The van der Waals surface area contributed by atoms with Gasteiger partial charge in [-0.05, 0) is 29.5 Å². The number of alkyl halides is 3. The number of aliphatic hydroxyl groups is 1. The first-order valence-electron chi connectivity index (χ1n) is 9.55. The fraction of sp³-hybridized carbons (Fsp3) is 0.409. The lowest BCUT2D eigenvalue weighted by atomic mass is 9.73. The molecule has 0 aliphatic carbocycles. The molecule has 29 heavy (non-hydrogen) atoms. The smallest absolute Gasteiger partial charge is 0.417 e. The second kappa shape index (κ2) is 6.76. The van der Waals surface area contributed by atoms with Crippen LogP contribution in [0.25, 0.3) is 10.9 Å². The lowest BCUT2D eigenvalue weighted by Gasteiger charge is -2.38. The Labute approximate surface area is 166 Å². The number of ether oxygens (including phenoxy) is 1. The van der Waals surface area contributed by atoms with E-state index in [0.717, 1.165) is 12.0 Å². The van der Waals surface area contributed by atoms with Crippen LogP contribution in [0, 0.1) is 0 Å². The third kappa shape index (κ3) is 3.59. The minimum absolute atomic E-state index is 0.318. The molecule has 3 aromatic rings. The van der Waals surface area contributed by atoms with Crippen molar-refractivity contribution in [1.29, 1.82) is 0 Å². The normalized spacial score (nSPS) is 16.5. The van der Waals surface area contributed by atoms with Gasteiger partial charge in [-0.3, -0.25) is 4.98 Å². The Morgan fingerprint density at radius 1 is 1.21 bits per heavy atom. The number of benzene rings is 1. The molecule has 7 heteroatoms. The molecule has 0 fully saturated rings. The minimum Gasteiger partial charge on any atom is -0.493 e. The highest BCUT2D eigenvalue weighted by Crippen LogP contribution is 2.46. The first-order valence-corrected chi connectivity index (χ1v) is 9.55. The molecular formula is C22H23F3N2O2. The molecule has 1 aliphatic rings. The number of pyridine rings is 1. The summed E-state index contributed by atoms with van der Waals surface area (Å²) in [5, 5.41) is 11.6. The van der Waals surface area contributed by atoms with Gasteiger partial charge in [-0.1, -0.05) is 32.0 Å². The van der Waals surface area contributed by atoms with Crippen LogP contribution in [0.4, 0.5) is 13.2 Å². The van der Waals surface area contributed by atoms with Crippen LogP contribution in [0.3, 0.4) is 0 Å². The van der Waals surface area contributed by atoms with Crippen LogP contribution in [-0.2, 0) is 18.3 Å². The molecule has 2 N–H and O–H groups in total. The molecule has 2 aromatic heterocycles. The summed E-state index contributed by atoms with van der Waals surface area (Å²) in [6, 6.07) is 8.85. The van der Waals surface area contributed by atoms with Gasteiger partial charge in [0.05, 0.1) is 6.61 Å². The quantitative estimate of drug-likeness (QED) is 0.648. The largest absolute Gasteiger partial charge is 0.493 e. The average molecular weight is 404 g/mol. The van der Waals surface area contributed by atoms with Crippen molar-refractivity contribution in [2.75, 3.05) is 6.61 Å². The number of hydrogen-bond donors (Lipinski definition) is 2. The van der Waals surface area contributed by atoms with E-state index in [0.29, 0.717) is 34.5 Å². The number of aromatic nitrogens is 2. The third-order valence-corrected chi connectivity index (χ3v) is 5.67. The fourth-order valence-corrected chi connectivity index (χ4v) is 4.28. The van der Waals surface area contributed by atoms with Gasteiger partial charge in [0, 0.05) is 47.4 Å². The maximum atomic E-state index is 14.1. The van der Waals surface area contributed by atoms with Gasteiger partial charge in [0.25, 0.3) is 0 Å². The van der Waals surface area contributed by atoms with Crippen LogP contribution in [0.2, 0.25) is 0 Å². The molecule has 1 aromatic carbocycles. The molecule has 0 bridgehead atoms. The van der Waals surface area contributed by atoms with E-state index in [-0.39, 0.29) is 0 Å². The van der Waals surface area contributed by atoms with Crippen molar-refractivity contribution in [3.05, 3.63) is 59.5 Å². The molecule has 3 heterocycles. The monoisotopic (exact) mass is 404 g/mol. The molecule has 0 amide bonds. The SMILES string of the molecule is CC(C)(CC(O)(Cc1cc2cnccc2[nH]1)C(F)(F)F)c1cccc2c1OCC2. The number of H-pyrrole nitrogens is 1. The van der Waals surface area contributed by atoms with Crippen molar-refractivity contribution in [1.82, 2.24) is 9.97 Å². The van der Waals surface area contributed by atoms with E-state index in [4.69, 9.17) is 4.74 Å². The summed E-state index contributed by atoms with van der Waals surface area (Å²) < 4.78 is 47.9. The van der Waals surface area contributed by atoms with E-state index in [1.54, 1.807) is 44.4 Å². The third-order valence-electron chi connectivity index (χ3n) is 5.67. The van der Waals surface area contributed by atoms with E-state index in [1.165, 1.54) is 0 Å². The van der Waals surface area contributed by atoms with E-state index >= 15 is 0 Å². The van der Waals surface area contributed by atoms with Gasteiger partial charge < -0.3 is 14.8 Å². The van der Waals surface area contributed by atoms with Crippen LogP contribution in [0.5, 0.6) is 5.75 Å². The van der Waals surface area contributed by atoms with E-state index in [2.05, 4.69) is 9.97 Å². The zero-order valence-electron chi connectivity index (χ0n) is 16.3. The molecule has 0 spiro atoms. The number of aromatic amines is 1. The molecule has 1 atom stereocenters. The summed E-state index contributed by atoms with van der Waals surface area (Å²) in [7, 11) is 0. The molecule has 4 rings (SSSR count). The lowest BCUT2D eigenvalue weighted by molar-refractivity contribution is -0.266. The van der Waals surface area contributed by atoms with Crippen molar-refractivity contribution < 1.29 is 23.0 Å². The van der Waals surface area contributed by atoms with Crippen molar-refractivity contribution >= 4 is 10.9 Å². The summed E-state index contributed by atoms with van der Waals surface area (Å²) in [6.45, 7) is 3.96. The summed E-state index contributed by atoms with van der Waals surface area (Å²) in [4.78, 5) is 6.95. The van der Waals surface area contributed by atoms with E-state index in [1.807, 2.05) is 12.1 Å². The molecule has 0 saturated heterocycles. The van der Waals surface area contributed by atoms with Gasteiger partial charge in [-0.2, -0.15) is 13.2 Å². The first kappa shape index (κ1) is 19.8. The number of para-hydroxylation sites is 1. The van der Waals surface area contributed by atoms with Crippen molar-refractivity contribution in [2.45, 2.75) is 50.3 Å². The summed E-state index contributed by atoms with van der Waals surface area (Å²) in [5.41, 5.74) is -1.16. The molecule has 1 aliphatic heterocycles. The standard InChI is InChI=1S/C22H23F3N2O2/c1-20(2,17-5-3-4-14-7-9-29-19(14)17)13-21(28,22(23,24)25)11-16-10-15-12-26-8-6-18(15)27-16/h3-6,8,10,12,27-28H,7,9,11,13H2,1-2H3. The van der Waals surface area contributed by atoms with E-state index < -0.39 is 30.0 Å². The molecule has 1 unspecified atom stereocenters. The Balaban J connectivity index is 1.68. The van der Waals surface area contributed by atoms with Crippen LogP contribution >= 0.6 is 0 Å². The molecular weight excluding hydrogens is 381 g/mol. The highest BCUT2D eigenvalue weighted by Gasteiger charge is 2.56. The average Bonchev–Trinajstić information content (AvgIpc) is 3.25. The highest BCUT2D eigenvalue weighted by atomic mass is 19.4. The van der Waals surface area contributed by atoms with Gasteiger partial charge in [0.1, 0.15) is 5.75 Å². The van der Waals surface area contributed by atoms with E-state index in [9.17, 15) is 18.3 Å². The number of nitrogens with one attached hydrogen (secondary N) is 1. The van der Waals surface area contributed by atoms with Gasteiger partial charge in [0.15, 0.2) is 5.60 Å². The molecule has 0 radical (unpaired) electrons. The Hall–Kier alpha value is -2.54. The van der Waals surface area contributed by atoms with Gasteiger partial charge >= 0.3 is 6.18 Å². The van der Waals surface area contributed by atoms with Crippen LogP contribution in [-0.4, -0.2) is 33.5 Å². The second-order valence-corrected chi connectivity index (χ2v) is 8.42.